The van der Waals surface area contributed by atoms with Crippen molar-refractivity contribution in [1.82, 2.24) is 0 Å². The van der Waals surface area contributed by atoms with Gasteiger partial charge in [-0.2, -0.15) is 0 Å². The second kappa shape index (κ2) is 4.89. The standard InChI is InChI=1S/C16H21FNSi/c1-12-7-6-8-14(17)16(12)15-10-9-13(11-18(15)2)19(3,4)5/h6-11H,1-5H3/q+1. The van der Waals surface area contributed by atoms with Gasteiger partial charge in [-0.1, -0.05) is 37.8 Å². The van der Waals surface area contributed by atoms with E-state index >= 15 is 0 Å². The summed E-state index contributed by atoms with van der Waals surface area (Å²) in [5.74, 6) is -0.156. The summed E-state index contributed by atoms with van der Waals surface area (Å²) in [5.41, 5.74) is 2.60. The number of aryl methyl sites for hydroxylation is 2. The lowest BCUT2D eigenvalue weighted by molar-refractivity contribution is -0.659. The zero-order valence-corrected chi connectivity index (χ0v) is 13.3. The van der Waals surface area contributed by atoms with E-state index in [1.807, 2.05) is 30.7 Å². The summed E-state index contributed by atoms with van der Waals surface area (Å²) in [6.45, 7) is 8.90. The summed E-state index contributed by atoms with van der Waals surface area (Å²) in [5, 5.41) is 1.38. The van der Waals surface area contributed by atoms with Gasteiger partial charge in [0.2, 0.25) is 5.69 Å². The SMILES string of the molecule is Cc1cccc(F)c1-c1ccc([Si](C)(C)C)c[n+]1C. The number of rotatable bonds is 2. The molecule has 2 rings (SSSR count). The van der Waals surface area contributed by atoms with Gasteiger partial charge in [-0.05, 0) is 18.6 Å². The van der Waals surface area contributed by atoms with Gasteiger partial charge in [-0.15, -0.1) is 0 Å². The van der Waals surface area contributed by atoms with Crippen LogP contribution in [0.3, 0.4) is 0 Å². The smallest absolute Gasteiger partial charge is 0.206 e. The van der Waals surface area contributed by atoms with Crippen molar-refractivity contribution in [3.63, 3.8) is 0 Å². The normalized spacial score (nSPS) is 11.7. The lowest BCUT2D eigenvalue weighted by Crippen LogP contribution is -2.45. The maximum atomic E-state index is 14.0. The predicted molar refractivity (Wildman–Crippen MR) is 80.7 cm³/mol. The Balaban J connectivity index is 2.59. The van der Waals surface area contributed by atoms with Crippen LogP contribution in [0.4, 0.5) is 4.39 Å². The first-order valence-electron chi connectivity index (χ1n) is 6.56. The zero-order valence-electron chi connectivity index (χ0n) is 12.3. The minimum Gasteiger partial charge on any atom is -0.206 e. The van der Waals surface area contributed by atoms with Crippen molar-refractivity contribution >= 4 is 13.3 Å². The molecule has 0 aliphatic heterocycles. The van der Waals surface area contributed by atoms with E-state index in [9.17, 15) is 4.39 Å². The lowest BCUT2D eigenvalue weighted by atomic mass is 10.0. The summed E-state index contributed by atoms with van der Waals surface area (Å²) in [7, 11) is 0.661. The number of aromatic nitrogens is 1. The molecule has 0 aliphatic rings. The molecule has 0 aliphatic carbocycles. The molecular formula is C16H21FNSi+. The van der Waals surface area contributed by atoms with Crippen LogP contribution in [0.15, 0.2) is 36.5 Å². The highest BCUT2D eigenvalue weighted by atomic mass is 28.3. The first-order valence-corrected chi connectivity index (χ1v) is 10.1. The molecule has 100 valence electrons. The lowest BCUT2D eigenvalue weighted by Gasteiger charge is -2.15. The van der Waals surface area contributed by atoms with Crippen molar-refractivity contribution in [2.75, 3.05) is 0 Å². The summed E-state index contributed by atoms with van der Waals surface area (Å²) in [6, 6.07) is 9.41. The van der Waals surface area contributed by atoms with Gasteiger partial charge in [0.1, 0.15) is 12.9 Å². The molecule has 2 aromatic rings. The molecule has 19 heavy (non-hydrogen) atoms. The third-order valence-electron chi connectivity index (χ3n) is 3.48. The molecular weight excluding hydrogens is 253 g/mol. The number of nitrogens with zero attached hydrogens (tertiary/aromatic N) is 1. The van der Waals surface area contributed by atoms with Crippen LogP contribution in [0.5, 0.6) is 0 Å². The minimum atomic E-state index is -1.33. The fourth-order valence-corrected chi connectivity index (χ4v) is 3.43. The largest absolute Gasteiger partial charge is 0.215 e. The highest BCUT2D eigenvalue weighted by molar-refractivity contribution is 6.88. The Morgan fingerprint density at radius 2 is 1.74 bits per heavy atom. The van der Waals surface area contributed by atoms with E-state index in [2.05, 4.69) is 31.9 Å². The topological polar surface area (TPSA) is 3.88 Å². The molecule has 0 unspecified atom stereocenters. The van der Waals surface area contributed by atoms with Crippen molar-refractivity contribution in [1.29, 1.82) is 0 Å². The molecule has 0 amide bonds. The number of hydrogen-bond acceptors (Lipinski definition) is 0. The minimum absolute atomic E-state index is 0.156. The van der Waals surface area contributed by atoms with Gasteiger partial charge in [-0.25, -0.2) is 8.96 Å². The Morgan fingerprint density at radius 3 is 2.26 bits per heavy atom. The Labute approximate surface area is 115 Å². The van der Waals surface area contributed by atoms with Gasteiger partial charge in [0.05, 0.1) is 13.6 Å². The van der Waals surface area contributed by atoms with Crippen LogP contribution >= 0.6 is 0 Å². The van der Waals surface area contributed by atoms with Gasteiger partial charge >= 0.3 is 0 Å². The van der Waals surface area contributed by atoms with Crippen LogP contribution in [0, 0.1) is 12.7 Å². The molecule has 0 saturated heterocycles. The van der Waals surface area contributed by atoms with Crippen molar-refractivity contribution in [2.24, 2.45) is 7.05 Å². The third kappa shape index (κ3) is 2.76. The van der Waals surface area contributed by atoms with Crippen molar-refractivity contribution in [3.05, 3.63) is 47.9 Å². The molecule has 1 nitrogen and oxygen atoms in total. The van der Waals surface area contributed by atoms with E-state index in [0.717, 1.165) is 11.3 Å². The van der Waals surface area contributed by atoms with E-state index in [1.165, 1.54) is 11.3 Å². The molecule has 1 aromatic carbocycles. The highest BCUT2D eigenvalue weighted by Crippen LogP contribution is 2.23. The van der Waals surface area contributed by atoms with Gasteiger partial charge in [0.15, 0.2) is 6.20 Å². The van der Waals surface area contributed by atoms with Crippen LogP contribution in [0.25, 0.3) is 11.3 Å². The second-order valence-corrected chi connectivity index (χ2v) is 11.2. The van der Waals surface area contributed by atoms with Crippen LogP contribution < -0.4 is 9.75 Å². The van der Waals surface area contributed by atoms with E-state index in [1.54, 1.807) is 6.07 Å². The van der Waals surface area contributed by atoms with Crippen LogP contribution in [0.1, 0.15) is 5.56 Å². The Bertz CT molecular complexity index is 594. The van der Waals surface area contributed by atoms with Crippen molar-refractivity contribution in [2.45, 2.75) is 26.6 Å². The van der Waals surface area contributed by atoms with E-state index < -0.39 is 8.07 Å². The third-order valence-corrected chi connectivity index (χ3v) is 5.51. The number of hydrogen-bond donors (Lipinski definition) is 0. The average Bonchev–Trinajstić information content (AvgIpc) is 2.29. The molecule has 0 fully saturated rings. The van der Waals surface area contributed by atoms with Gasteiger partial charge in [0.25, 0.3) is 0 Å². The Hall–Kier alpha value is -1.48. The predicted octanol–water partition coefficient (Wildman–Crippen LogP) is 3.17. The van der Waals surface area contributed by atoms with Crippen molar-refractivity contribution in [3.8, 4) is 11.3 Å². The van der Waals surface area contributed by atoms with E-state index in [-0.39, 0.29) is 5.82 Å². The summed E-state index contributed by atoms with van der Waals surface area (Å²) in [6.07, 6.45) is 2.15. The molecule has 0 bridgehead atoms. The monoisotopic (exact) mass is 274 g/mol. The van der Waals surface area contributed by atoms with Crippen LogP contribution in [-0.4, -0.2) is 8.07 Å². The quantitative estimate of drug-likeness (QED) is 0.585. The molecule has 0 spiro atoms. The molecule has 1 aromatic heterocycles. The van der Waals surface area contributed by atoms with E-state index in [4.69, 9.17) is 0 Å². The number of benzene rings is 1. The fraction of sp³-hybridized carbons (Fsp3) is 0.312. The molecule has 0 saturated carbocycles. The number of pyridine rings is 1. The van der Waals surface area contributed by atoms with E-state index in [0.29, 0.717) is 5.56 Å². The van der Waals surface area contributed by atoms with Gasteiger partial charge in [-0.3, -0.25) is 0 Å². The van der Waals surface area contributed by atoms with Crippen molar-refractivity contribution < 1.29 is 8.96 Å². The molecule has 1 heterocycles. The van der Waals surface area contributed by atoms with Gasteiger partial charge < -0.3 is 0 Å². The summed E-state index contributed by atoms with van der Waals surface area (Å²) in [4.78, 5) is 0. The number of halogens is 1. The fourth-order valence-electron chi connectivity index (χ4n) is 2.27. The molecule has 3 heteroatoms. The highest BCUT2D eigenvalue weighted by Gasteiger charge is 2.22. The van der Waals surface area contributed by atoms with Gasteiger partial charge in [0, 0.05) is 11.3 Å². The first kappa shape index (κ1) is 13.9. The second-order valence-electron chi connectivity index (χ2n) is 6.10. The molecule has 0 N–H and O–H groups in total. The maximum Gasteiger partial charge on any atom is 0.215 e. The molecule has 0 radical (unpaired) electrons. The summed E-state index contributed by atoms with van der Waals surface area (Å²) < 4.78 is 16.1. The summed E-state index contributed by atoms with van der Waals surface area (Å²) >= 11 is 0. The van der Waals surface area contributed by atoms with Crippen LogP contribution in [0.2, 0.25) is 19.6 Å². The van der Waals surface area contributed by atoms with Crippen LogP contribution in [-0.2, 0) is 7.05 Å². The first-order chi connectivity index (χ1) is 8.80. The Morgan fingerprint density at radius 1 is 1.05 bits per heavy atom. The maximum absolute atomic E-state index is 14.0. The average molecular weight is 274 g/mol. The molecule has 0 atom stereocenters. The zero-order chi connectivity index (χ0) is 14.2. The Kier molecular flexibility index (Phi) is 3.59.